The molecular weight excluding hydrogens is 378 g/mol. The molecular formula is C15H11N5O2S3. The highest BCUT2D eigenvalue weighted by Crippen LogP contribution is 2.25. The Labute approximate surface area is 151 Å². The van der Waals surface area contributed by atoms with E-state index < -0.39 is 10.0 Å². The molecule has 0 aliphatic heterocycles. The van der Waals surface area contributed by atoms with Crippen LogP contribution < -0.4 is 4.72 Å². The zero-order valence-electron chi connectivity index (χ0n) is 12.7. The Balaban J connectivity index is 1.65. The number of aromatic nitrogens is 4. The van der Waals surface area contributed by atoms with Crippen LogP contribution in [0.5, 0.6) is 0 Å². The largest absolute Gasteiger partial charge is 0.256 e. The lowest BCUT2D eigenvalue weighted by Crippen LogP contribution is -2.24. The van der Waals surface area contributed by atoms with Crippen molar-refractivity contribution in [1.82, 2.24) is 23.4 Å². The third-order valence-corrected chi connectivity index (χ3v) is 6.35. The van der Waals surface area contributed by atoms with Gasteiger partial charge in [-0.1, -0.05) is 12.1 Å². The molecule has 0 saturated carbocycles. The van der Waals surface area contributed by atoms with Crippen LogP contribution in [0.15, 0.2) is 53.0 Å². The minimum Gasteiger partial charge on any atom is -0.256 e. The van der Waals surface area contributed by atoms with Gasteiger partial charge >= 0.3 is 0 Å². The lowest BCUT2D eigenvalue weighted by molar-refractivity contribution is 0.581. The van der Waals surface area contributed by atoms with Crippen molar-refractivity contribution in [3.05, 3.63) is 53.8 Å². The molecule has 3 aromatic heterocycles. The predicted octanol–water partition coefficient (Wildman–Crippen LogP) is 2.69. The van der Waals surface area contributed by atoms with Crippen LogP contribution in [0.3, 0.4) is 0 Å². The van der Waals surface area contributed by atoms with Gasteiger partial charge in [-0.15, -0.1) is 11.3 Å². The van der Waals surface area contributed by atoms with E-state index in [1.165, 1.54) is 17.4 Å². The zero-order valence-corrected chi connectivity index (χ0v) is 15.1. The fourth-order valence-electron chi connectivity index (χ4n) is 2.35. The van der Waals surface area contributed by atoms with Gasteiger partial charge in [-0.3, -0.25) is 9.97 Å². The minimum atomic E-state index is -3.75. The van der Waals surface area contributed by atoms with Gasteiger partial charge in [0.1, 0.15) is 21.6 Å². The number of rotatable bonds is 5. The Morgan fingerprint density at radius 2 is 1.92 bits per heavy atom. The lowest BCUT2D eigenvalue weighted by atomic mass is 10.2. The molecule has 0 radical (unpaired) electrons. The van der Waals surface area contributed by atoms with Crippen LogP contribution in [0, 0.1) is 0 Å². The fourth-order valence-corrected chi connectivity index (χ4v) is 4.85. The Morgan fingerprint density at radius 3 is 2.76 bits per heavy atom. The van der Waals surface area contributed by atoms with Gasteiger partial charge in [0.2, 0.25) is 10.0 Å². The molecule has 0 bridgehead atoms. The second-order valence-corrected chi connectivity index (χ2v) is 8.25. The van der Waals surface area contributed by atoms with Gasteiger partial charge in [0.05, 0.1) is 28.8 Å². The summed E-state index contributed by atoms with van der Waals surface area (Å²) >= 11 is 2.51. The average molecular weight is 389 g/mol. The highest BCUT2D eigenvalue weighted by molar-refractivity contribution is 7.89. The minimum absolute atomic E-state index is 0.0390. The van der Waals surface area contributed by atoms with Gasteiger partial charge in [0.15, 0.2) is 0 Å². The number of fused-ring (bicyclic) bond motifs is 1. The van der Waals surface area contributed by atoms with Crippen molar-refractivity contribution in [3.63, 3.8) is 0 Å². The zero-order chi connectivity index (χ0) is 17.3. The summed E-state index contributed by atoms with van der Waals surface area (Å²) in [6, 6.07) is 8.74. The normalized spacial score (nSPS) is 11.8. The van der Waals surface area contributed by atoms with E-state index in [-0.39, 0.29) is 11.4 Å². The van der Waals surface area contributed by atoms with E-state index >= 15 is 0 Å². The number of benzene rings is 1. The molecule has 1 aromatic carbocycles. The molecule has 10 heteroatoms. The Morgan fingerprint density at radius 1 is 1.04 bits per heavy atom. The van der Waals surface area contributed by atoms with E-state index in [0.29, 0.717) is 22.4 Å². The highest BCUT2D eigenvalue weighted by atomic mass is 32.2. The first-order valence-corrected chi connectivity index (χ1v) is 10.3. The maximum atomic E-state index is 12.7. The molecule has 3 heterocycles. The number of hydrogen-bond acceptors (Lipinski definition) is 8. The van der Waals surface area contributed by atoms with Gasteiger partial charge in [-0.05, 0) is 23.6 Å². The van der Waals surface area contributed by atoms with Crippen LogP contribution in [0.2, 0.25) is 0 Å². The fraction of sp³-hybridized carbons (Fsp3) is 0.0667. The molecule has 0 aliphatic rings. The molecule has 0 unspecified atom stereocenters. The maximum Gasteiger partial charge on any atom is 0.243 e. The summed E-state index contributed by atoms with van der Waals surface area (Å²) in [6.07, 6.45) is 3.14. The molecule has 4 aromatic rings. The van der Waals surface area contributed by atoms with Crippen LogP contribution in [0.25, 0.3) is 21.6 Å². The van der Waals surface area contributed by atoms with Crippen molar-refractivity contribution in [1.29, 1.82) is 0 Å². The molecule has 0 spiro atoms. The molecule has 7 nitrogen and oxygen atoms in total. The monoisotopic (exact) mass is 389 g/mol. The van der Waals surface area contributed by atoms with Crippen molar-refractivity contribution in [2.45, 2.75) is 11.4 Å². The van der Waals surface area contributed by atoms with Crippen molar-refractivity contribution in [2.75, 3.05) is 0 Å². The van der Waals surface area contributed by atoms with Crippen molar-refractivity contribution >= 4 is 44.1 Å². The second-order valence-electron chi connectivity index (χ2n) is 5.04. The summed E-state index contributed by atoms with van der Waals surface area (Å²) in [4.78, 5) is 9.65. The Kier molecular flexibility index (Phi) is 4.25. The first kappa shape index (κ1) is 16.2. The molecule has 1 N–H and O–H groups in total. The Bertz CT molecular complexity index is 1120. The maximum absolute atomic E-state index is 12.7. The molecule has 25 heavy (non-hydrogen) atoms. The number of nitrogens with zero attached hydrogens (tertiary/aromatic N) is 4. The van der Waals surface area contributed by atoms with Gasteiger partial charge in [0, 0.05) is 12.4 Å². The van der Waals surface area contributed by atoms with E-state index in [1.807, 2.05) is 17.5 Å². The van der Waals surface area contributed by atoms with Crippen LogP contribution in [-0.2, 0) is 16.6 Å². The molecule has 0 aliphatic carbocycles. The summed E-state index contributed by atoms with van der Waals surface area (Å²) < 4.78 is 36.1. The summed E-state index contributed by atoms with van der Waals surface area (Å²) in [5.41, 5.74) is 2.18. The topological polar surface area (TPSA) is 97.7 Å². The summed E-state index contributed by atoms with van der Waals surface area (Å²) in [5, 5.41) is 1.94. The number of nitrogens with one attached hydrogen (secondary N) is 1. The van der Waals surface area contributed by atoms with E-state index in [0.717, 1.165) is 16.6 Å². The molecule has 0 atom stereocenters. The molecule has 4 rings (SSSR count). The molecule has 0 saturated heterocycles. The average Bonchev–Trinajstić information content (AvgIpc) is 3.31. The number of thiophene rings is 1. The highest BCUT2D eigenvalue weighted by Gasteiger charge is 2.20. The van der Waals surface area contributed by atoms with Gasteiger partial charge < -0.3 is 0 Å². The van der Waals surface area contributed by atoms with Crippen LogP contribution >= 0.6 is 23.1 Å². The predicted molar refractivity (Wildman–Crippen MR) is 96.8 cm³/mol. The third kappa shape index (κ3) is 3.16. The van der Waals surface area contributed by atoms with E-state index in [2.05, 4.69) is 23.4 Å². The van der Waals surface area contributed by atoms with E-state index in [9.17, 15) is 8.42 Å². The van der Waals surface area contributed by atoms with Crippen molar-refractivity contribution in [3.8, 4) is 10.6 Å². The third-order valence-electron chi connectivity index (χ3n) is 3.50. The first-order valence-electron chi connectivity index (χ1n) is 7.20. The molecule has 0 amide bonds. The van der Waals surface area contributed by atoms with Crippen molar-refractivity contribution in [2.24, 2.45) is 0 Å². The van der Waals surface area contributed by atoms with Crippen LogP contribution in [-0.4, -0.2) is 27.1 Å². The van der Waals surface area contributed by atoms with Crippen LogP contribution in [0.4, 0.5) is 0 Å². The molecule has 126 valence electrons. The van der Waals surface area contributed by atoms with Gasteiger partial charge in [-0.2, -0.15) is 8.75 Å². The van der Waals surface area contributed by atoms with Gasteiger partial charge in [0.25, 0.3) is 0 Å². The standard InChI is InChI=1S/C15H11N5O2S3/c21-25(22,13-5-1-3-10-15(13)20-24-19-10)18-9-11-14(17-7-6-16-11)12-4-2-8-23-12/h1-8,18H,9H2. The SMILES string of the molecule is O=S(=O)(NCc1nccnc1-c1cccs1)c1cccc2nsnc12. The second kappa shape index (κ2) is 6.56. The van der Waals surface area contributed by atoms with Crippen molar-refractivity contribution < 1.29 is 8.42 Å². The Hall–Kier alpha value is -2.27. The summed E-state index contributed by atoms with van der Waals surface area (Å²) in [6.45, 7) is 0.0390. The number of hydrogen-bond donors (Lipinski definition) is 1. The molecule has 0 fully saturated rings. The first-order chi connectivity index (χ1) is 12.1. The van der Waals surface area contributed by atoms with Crippen LogP contribution in [0.1, 0.15) is 5.69 Å². The number of sulfonamides is 1. The lowest BCUT2D eigenvalue weighted by Gasteiger charge is -2.09. The summed E-state index contributed by atoms with van der Waals surface area (Å²) in [5.74, 6) is 0. The van der Waals surface area contributed by atoms with Gasteiger partial charge in [-0.25, -0.2) is 13.1 Å². The quantitative estimate of drug-likeness (QED) is 0.564. The van der Waals surface area contributed by atoms with E-state index in [1.54, 1.807) is 24.5 Å². The smallest absolute Gasteiger partial charge is 0.243 e. The summed E-state index contributed by atoms with van der Waals surface area (Å²) in [7, 11) is -3.75. The van der Waals surface area contributed by atoms with E-state index in [4.69, 9.17) is 0 Å².